The van der Waals surface area contributed by atoms with E-state index in [1.54, 1.807) is 21.3 Å². The van der Waals surface area contributed by atoms with Gasteiger partial charge in [0.05, 0.1) is 14.2 Å². The van der Waals surface area contributed by atoms with E-state index in [-0.39, 0.29) is 0 Å². The smallest absolute Gasteiger partial charge is 0.205 e. The van der Waals surface area contributed by atoms with Crippen LogP contribution < -0.4 is 26.1 Å². The maximum atomic E-state index is 5.28. The Morgan fingerprint density at radius 1 is 1.35 bits per heavy atom. The van der Waals surface area contributed by atoms with Gasteiger partial charge in [-0.25, -0.2) is 5.84 Å². The lowest BCUT2D eigenvalue weighted by Gasteiger charge is -2.12. The van der Waals surface area contributed by atoms with Crippen molar-refractivity contribution in [1.29, 1.82) is 0 Å². The molecule has 0 heterocycles. The molecule has 4 N–H and O–H groups in total. The standard InChI is InChI=1S/C11H18N4O2/c1-13-11(15-12)14-7-8-4-5-9(16-2)6-10(8)17-3/h4-6H,7,12H2,1-3H3,(H2,13,14,15). The van der Waals surface area contributed by atoms with E-state index in [1.807, 2.05) is 18.2 Å². The van der Waals surface area contributed by atoms with Gasteiger partial charge in [-0.3, -0.25) is 10.4 Å². The molecule has 0 aliphatic heterocycles. The normalized spacial score (nSPS) is 10.9. The number of benzene rings is 1. The average Bonchev–Trinajstić information content (AvgIpc) is 2.39. The van der Waals surface area contributed by atoms with Crippen LogP contribution in [0.5, 0.6) is 11.5 Å². The number of aliphatic imine (C=N–C) groups is 1. The predicted octanol–water partition coefficient (Wildman–Crippen LogP) is 0.243. The molecular weight excluding hydrogens is 220 g/mol. The lowest BCUT2D eigenvalue weighted by molar-refractivity contribution is 0.390. The number of hydrogen-bond donors (Lipinski definition) is 3. The predicted molar refractivity (Wildman–Crippen MR) is 67.1 cm³/mol. The molecule has 0 spiro atoms. The third-order valence-electron chi connectivity index (χ3n) is 2.30. The first-order valence-corrected chi connectivity index (χ1v) is 5.13. The number of rotatable bonds is 4. The summed E-state index contributed by atoms with van der Waals surface area (Å²) < 4.78 is 10.4. The minimum atomic E-state index is 0.517. The maximum absolute atomic E-state index is 5.28. The number of guanidine groups is 1. The summed E-state index contributed by atoms with van der Waals surface area (Å²) >= 11 is 0. The number of hydrogen-bond acceptors (Lipinski definition) is 4. The summed E-state index contributed by atoms with van der Waals surface area (Å²) in [4.78, 5) is 3.91. The molecule has 0 radical (unpaired) electrons. The highest BCUT2D eigenvalue weighted by Gasteiger charge is 2.05. The zero-order chi connectivity index (χ0) is 12.7. The van der Waals surface area contributed by atoms with Gasteiger partial charge >= 0.3 is 0 Å². The molecule has 0 saturated heterocycles. The van der Waals surface area contributed by atoms with Crippen molar-refractivity contribution in [3.05, 3.63) is 23.8 Å². The highest BCUT2D eigenvalue weighted by Crippen LogP contribution is 2.24. The van der Waals surface area contributed by atoms with E-state index in [0.717, 1.165) is 17.1 Å². The third-order valence-corrected chi connectivity index (χ3v) is 2.30. The van der Waals surface area contributed by atoms with Gasteiger partial charge in [-0.05, 0) is 12.1 Å². The van der Waals surface area contributed by atoms with Crippen molar-refractivity contribution in [2.45, 2.75) is 6.54 Å². The molecule has 0 aliphatic carbocycles. The topological polar surface area (TPSA) is 80.9 Å². The summed E-state index contributed by atoms with van der Waals surface area (Å²) in [5, 5.41) is 3.04. The van der Waals surface area contributed by atoms with E-state index in [0.29, 0.717) is 12.5 Å². The van der Waals surface area contributed by atoms with E-state index in [2.05, 4.69) is 15.7 Å². The summed E-state index contributed by atoms with van der Waals surface area (Å²) in [6, 6.07) is 5.63. The molecular formula is C11H18N4O2. The van der Waals surface area contributed by atoms with Gasteiger partial charge in [0.1, 0.15) is 11.5 Å². The maximum Gasteiger partial charge on any atom is 0.205 e. The van der Waals surface area contributed by atoms with Crippen LogP contribution in [0.1, 0.15) is 5.56 Å². The number of ether oxygens (including phenoxy) is 2. The van der Waals surface area contributed by atoms with Gasteiger partial charge in [-0.15, -0.1) is 0 Å². The van der Waals surface area contributed by atoms with Gasteiger partial charge in [0.25, 0.3) is 0 Å². The SMILES string of the molecule is CN=C(NN)NCc1ccc(OC)cc1OC. The molecule has 94 valence electrons. The van der Waals surface area contributed by atoms with Gasteiger partial charge in [-0.2, -0.15) is 0 Å². The van der Waals surface area contributed by atoms with Gasteiger partial charge < -0.3 is 14.8 Å². The molecule has 6 nitrogen and oxygen atoms in total. The van der Waals surface area contributed by atoms with Gasteiger partial charge in [-0.1, -0.05) is 0 Å². The molecule has 1 aromatic carbocycles. The summed E-state index contributed by atoms with van der Waals surface area (Å²) in [5.41, 5.74) is 3.45. The number of nitrogens with two attached hydrogens (primary N) is 1. The summed E-state index contributed by atoms with van der Waals surface area (Å²) in [5.74, 6) is 7.30. The van der Waals surface area contributed by atoms with Gasteiger partial charge in [0.15, 0.2) is 0 Å². The second kappa shape index (κ2) is 6.59. The lowest BCUT2D eigenvalue weighted by Crippen LogP contribution is -2.41. The number of methoxy groups -OCH3 is 2. The molecule has 6 heteroatoms. The largest absolute Gasteiger partial charge is 0.497 e. The lowest BCUT2D eigenvalue weighted by atomic mass is 10.2. The minimum absolute atomic E-state index is 0.517. The van der Waals surface area contributed by atoms with Crippen molar-refractivity contribution in [2.24, 2.45) is 10.8 Å². The van der Waals surface area contributed by atoms with Crippen molar-refractivity contribution in [3.63, 3.8) is 0 Å². The monoisotopic (exact) mass is 238 g/mol. The quantitative estimate of drug-likeness (QED) is 0.303. The van der Waals surface area contributed by atoms with E-state index in [4.69, 9.17) is 15.3 Å². The molecule has 0 atom stereocenters. The Morgan fingerprint density at radius 3 is 2.65 bits per heavy atom. The van der Waals surface area contributed by atoms with Gasteiger partial charge in [0.2, 0.25) is 5.96 Å². The highest BCUT2D eigenvalue weighted by molar-refractivity contribution is 5.79. The van der Waals surface area contributed by atoms with Crippen LogP contribution in [0.25, 0.3) is 0 Å². The fraction of sp³-hybridized carbons (Fsp3) is 0.364. The van der Waals surface area contributed by atoms with Crippen LogP contribution >= 0.6 is 0 Å². The van der Waals surface area contributed by atoms with Crippen LogP contribution in [0, 0.1) is 0 Å². The fourth-order valence-electron chi connectivity index (χ4n) is 1.37. The Hall–Kier alpha value is -1.95. The van der Waals surface area contributed by atoms with Crippen molar-refractivity contribution >= 4 is 5.96 Å². The summed E-state index contributed by atoms with van der Waals surface area (Å²) in [6.45, 7) is 0.560. The van der Waals surface area contributed by atoms with Crippen LogP contribution in [-0.2, 0) is 6.54 Å². The molecule has 0 unspecified atom stereocenters. The summed E-state index contributed by atoms with van der Waals surface area (Å²) in [7, 11) is 4.88. The van der Waals surface area contributed by atoms with Crippen molar-refractivity contribution in [3.8, 4) is 11.5 Å². The van der Waals surface area contributed by atoms with Crippen molar-refractivity contribution in [2.75, 3.05) is 21.3 Å². The first kappa shape index (κ1) is 13.1. The van der Waals surface area contributed by atoms with Crippen LogP contribution in [0.4, 0.5) is 0 Å². The Kier molecular flexibility index (Phi) is 5.09. The van der Waals surface area contributed by atoms with Crippen LogP contribution in [-0.4, -0.2) is 27.2 Å². The fourth-order valence-corrected chi connectivity index (χ4v) is 1.37. The molecule has 0 aliphatic rings. The Labute approximate surface area is 101 Å². The summed E-state index contributed by atoms with van der Waals surface area (Å²) in [6.07, 6.45) is 0. The van der Waals surface area contributed by atoms with E-state index in [1.165, 1.54) is 0 Å². The Balaban J connectivity index is 2.77. The second-order valence-electron chi connectivity index (χ2n) is 3.25. The molecule has 17 heavy (non-hydrogen) atoms. The number of hydrazine groups is 1. The van der Waals surface area contributed by atoms with Crippen LogP contribution in [0.15, 0.2) is 23.2 Å². The molecule has 0 aromatic heterocycles. The van der Waals surface area contributed by atoms with E-state index < -0.39 is 0 Å². The van der Waals surface area contributed by atoms with E-state index in [9.17, 15) is 0 Å². The van der Waals surface area contributed by atoms with Gasteiger partial charge in [0, 0.05) is 25.2 Å². The third kappa shape index (κ3) is 3.53. The van der Waals surface area contributed by atoms with Crippen molar-refractivity contribution in [1.82, 2.24) is 10.7 Å². The molecule has 1 rings (SSSR count). The van der Waals surface area contributed by atoms with Crippen molar-refractivity contribution < 1.29 is 9.47 Å². The molecule has 0 fully saturated rings. The molecule has 0 saturated carbocycles. The van der Waals surface area contributed by atoms with Crippen LogP contribution in [0.3, 0.4) is 0 Å². The zero-order valence-electron chi connectivity index (χ0n) is 10.3. The average molecular weight is 238 g/mol. The number of nitrogens with one attached hydrogen (secondary N) is 2. The Morgan fingerprint density at radius 2 is 2.12 bits per heavy atom. The van der Waals surface area contributed by atoms with Crippen LogP contribution in [0.2, 0.25) is 0 Å². The molecule has 1 aromatic rings. The highest BCUT2D eigenvalue weighted by atomic mass is 16.5. The first-order valence-electron chi connectivity index (χ1n) is 5.13. The zero-order valence-corrected chi connectivity index (χ0v) is 10.3. The number of nitrogens with zero attached hydrogens (tertiary/aromatic N) is 1. The Bertz CT molecular complexity index is 393. The minimum Gasteiger partial charge on any atom is -0.497 e. The second-order valence-corrected chi connectivity index (χ2v) is 3.25. The first-order chi connectivity index (χ1) is 8.24. The van der Waals surface area contributed by atoms with E-state index >= 15 is 0 Å². The molecule has 0 bridgehead atoms. The molecule has 0 amide bonds.